The van der Waals surface area contributed by atoms with Gasteiger partial charge >= 0.3 is 0 Å². The maximum absolute atomic E-state index is 11.4. The van der Waals surface area contributed by atoms with Crippen molar-refractivity contribution in [3.63, 3.8) is 0 Å². The van der Waals surface area contributed by atoms with E-state index in [-0.39, 0.29) is 11.7 Å². The van der Waals surface area contributed by atoms with Crippen LogP contribution in [0.4, 0.5) is 0 Å². The Morgan fingerprint density at radius 3 is 3.08 bits per heavy atom. The van der Waals surface area contributed by atoms with Crippen molar-refractivity contribution < 1.29 is 4.79 Å². The quantitative estimate of drug-likeness (QED) is 0.569. The first-order valence-corrected chi connectivity index (χ1v) is 4.86. The summed E-state index contributed by atoms with van der Waals surface area (Å²) in [5, 5.41) is 0. The lowest BCUT2D eigenvalue weighted by Gasteiger charge is -2.33. The highest BCUT2D eigenvalue weighted by Gasteiger charge is 2.37. The third-order valence-electron chi connectivity index (χ3n) is 3.23. The Kier molecular flexibility index (Phi) is 1.98. The lowest BCUT2D eigenvalue weighted by molar-refractivity contribution is -0.120. The fourth-order valence-corrected chi connectivity index (χ4v) is 2.36. The van der Waals surface area contributed by atoms with Gasteiger partial charge in [-0.05, 0) is 18.9 Å². The molecule has 0 amide bonds. The predicted molar refractivity (Wildman–Crippen MR) is 52.2 cm³/mol. The highest BCUT2D eigenvalue weighted by Crippen LogP contribution is 2.33. The van der Waals surface area contributed by atoms with Crippen molar-refractivity contribution in [1.29, 1.82) is 0 Å². The van der Waals surface area contributed by atoms with Gasteiger partial charge in [0.1, 0.15) is 0 Å². The topological polar surface area (TPSA) is 20.3 Å². The van der Waals surface area contributed by atoms with Crippen molar-refractivity contribution in [3.05, 3.63) is 24.9 Å². The lowest BCUT2D eigenvalue weighted by atomic mass is 9.93. The van der Waals surface area contributed by atoms with Crippen LogP contribution < -0.4 is 0 Å². The molecule has 2 rings (SSSR count). The summed E-state index contributed by atoms with van der Waals surface area (Å²) >= 11 is 0. The molecular weight excluding hydrogens is 162 g/mol. The molecule has 1 fully saturated rings. The van der Waals surface area contributed by atoms with Crippen LogP contribution in [0.5, 0.6) is 0 Å². The SMILES string of the molecule is C=C[C@H]1CC[C@@H]2[C@H](C)C(=O)C=CN21. The van der Waals surface area contributed by atoms with E-state index >= 15 is 0 Å². The second kappa shape index (κ2) is 3.02. The molecule has 3 atom stereocenters. The molecule has 2 nitrogen and oxygen atoms in total. The molecule has 2 heterocycles. The van der Waals surface area contributed by atoms with Crippen molar-refractivity contribution in [3.8, 4) is 0 Å². The van der Waals surface area contributed by atoms with E-state index in [4.69, 9.17) is 0 Å². The lowest BCUT2D eigenvalue weighted by Crippen LogP contribution is -2.40. The minimum absolute atomic E-state index is 0.162. The Morgan fingerprint density at radius 1 is 1.62 bits per heavy atom. The first kappa shape index (κ1) is 8.54. The molecule has 0 unspecified atom stereocenters. The van der Waals surface area contributed by atoms with E-state index in [9.17, 15) is 4.79 Å². The molecule has 70 valence electrons. The van der Waals surface area contributed by atoms with Crippen molar-refractivity contribution in [2.75, 3.05) is 0 Å². The number of ketones is 1. The normalized spacial score (nSPS) is 37.8. The number of nitrogens with zero attached hydrogens (tertiary/aromatic N) is 1. The number of hydrogen-bond donors (Lipinski definition) is 0. The van der Waals surface area contributed by atoms with Crippen molar-refractivity contribution in [2.45, 2.75) is 31.8 Å². The third-order valence-corrected chi connectivity index (χ3v) is 3.23. The van der Waals surface area contributed by atoms with Gasteiger partial charge in [-0.1, -0.05) is 13.0 Å². The number of rotatable bonds is 1. The number of carbonyl (C=O) groups is 1. The van der Waals surface area contributed by atoms with E-state index in [0.717, 1.165) is 12.8 Å². The van der Waals surface area contributed by atoms with Gasteiger partial charge in [0.05, 0.1) is 0 Å². The van der Waals surface area contributed by atoms with Gasteiger partial charge in [0.2, 0.25) is 0 Å². The van der Waals surface area contributed by atoms with Crippen LogP contribution >= 0.6 is 0 Å². The van der Waals surface area contributed by atoms with Crippen LogP contribution in [0.25, 0.3) is 0 Å². The standard InChI is InChI=1S/C11H15NO/c1-3-9-4-5-10-8(2)11(13)6-7-12(9)10/h3,6-10H,1,4-5H2,2H3/t8-,9-,10+/m0/s1. The second-order valence-electron chi connectivity index (χ2n) is 3.90. The minimum atomic E-state index is 0.162. The molecule has 0 aliphatic carbocycles. The third kappa shape index (κ3) is 1.21. The van der Waals surface area contributed by atoms with E-state index in [2.05, 4.69) is 11.5 Å². The zero-order valence-electron chi connectivity index (χ0n) is 7.94. The predicted octanol–water partition coefficient (Wildman–Crippen LogP) is 1.74. The van der Waals surface area contributed by atoms with Crippen molar-refractivity contribution in [1.82, 2.24) is 4.90 Å². The number of fused-ring (bicyclic) bond motifs is 1. The van der Waals surface area contributed by atoms with Crippen LogP contribution in [0.2, 0.25) is 0 Å². The molecule has 0 N–H and O–H groups in total. The van der Waals surface area contributed by atoms with Crippen LogP contribution in [0.3, 0.4) is 0 Å². The summed E-state index contributed by atoms with van der Waals surface area (Å²) in [6.45, 7) is 5.84. The summed E-state index contributed by atoms with van der Waals surface area (Å²) in [5.41, 5.74) is 0. The molecular formula is C11H15NO. The van der Waals surface area contributed by atoms with Gasteiger partial charge in [-0.25, -0.2) is 0 Å². The summed E-state index contributed by atoms with van der Waals surface area (Å²) < 4.78 is 0. The molecule has 0 spiro atoms. The fraction of sp³-hybridized carbons (Fsp3) is 0.545. The maximum Gasteiger partial charge on any atom is 0.161 e. The maximum atomic E-state index is 11.4. The molecule has 2 aliphatic heterocycles. The highest BCUT2D eigenvalue weighted by molar-refractivity contribution is 5.92. The minimum Gasteiger partial charge on any atom is -0.367 e. The molecule has 13 heavy (non-hydrogen) atoms. The summed E-state index contributed by atoms with van der Waals surface area (Å²) in [6, 6.07) is 0.859. The summed E-state index contributed by atoms with van der Waals surface area (Å²) in [6.07, 6.45) is 7.87. The first-order chi connectivity index (χ1) is 6.24. The van der Waals surface area contributed by atoms with Crippen molar-refractivity contribution in [2.24, 2.45) is 5.92 Å². The van der Waals surface area contributed by atoms with Crippen LogP contribution in [0, 0.1) is 5.92 Å². The van der Waals surface area contributed by atoms with E-state index in [0.29, 0.717) is 12.1 Å². The number of carbonyl (C=O) groups excluding carboxylic acids is 1. The smallest absolute Gasteiger partial charge is 0.161 e. The van der Waals surface area contributed by atoms with E-state index in [1.54, 1.807) is 6.08 Å². The zero-order valence-corrected chi connectivity index (χ0v) is 7.94. The fourth-order valence-electron chi connectivity index (χ4n) is 2.36. The molecule has 0 aromatic heterocycles. The van der Waals surface area contributed by atoms with Crippen LogP contribution in [0.1, 0.15) is 19.8 Å². The molecule has 2 heteroatoms. The van der Waals surface area contributed by atoms with Crippen LogP contribution in [0.15, 0.2) is 24.9 Å². The number of hydrogen-bond acceptors (Lipinski definition) is 2. The molecule has 1 saturated heterocycles. The van der Waals surface area contributed by atoms with Gasteiger partial charge in [-0.3, -0.25) is 4.79 Å². The van der Waals surface area contributed by atoms with E-state index in [1.165, 1.54) is 0 Å². The Morgan fingerprint density at radius 2 is 2.38 bits per heavy atom. The van der Waals surface area contributed by atoms with Crippen molar-refractivity contribution >= 4 is 5.78 Å². The van der Waals surface area contributed by atoms with Gasteiger partial charge in [0, 0.05) is 24.2 Å². The molecule has 2 aliphatic rings. The van der Waals surface area contributed by atoms with Gasteiger partial charge in [0.15, 0.2) is 5.78 Å². The monoisotopic (exact) mass is 177 g/mol. The Labute approximate surface area is 78.9 Å². The zero-order chi connectivity index (χ0) is 9.42. The average Bonchev–Trinajstić information content (AvgIpc) is 2.55. The summed E-state index contributed by atoms with van der Waals surface area (Å²) in [4.78, 5) is 13.7. The van der Waals surface area contributed by atoms with Crippen LogP contribution in [-0.2, 0) is 4.79 Å². The second-order valence-corrected chi connectivity index (χ2v) is 3.90. The molecule has 0 radical (unpaired) electrons. The molecule has 0 bridgehead atoms. The first-order valence-electron chi connectivity index (χ1n) is 4.86. The largest absolute Gasteiger partial charge is 0.367 e. The van der Waals surface area contributed by atoms with Gasteiger partial charge in [-0.15, -0.1) is 6.58 Å². The average molecular weight is 177 g/mol. The number of allylic oxidation sites excluding steroid dienone is 1. The Balaban J connectivity index is 2.25. The van der Waals surface area contributed by atoms with Gasteiger partial charge in [-0.2, -0.15) is 0 Å². The van der Waals surface area contributed by atoms with Crippen LogP contribution in [-0.4, -0.2) is 22.8 Å². The molecule has 0 aromatic rings. The summed E-state index contributed by atoms with van der Waals surface area (Å²) in [5.74, 6) is 0.431. The van der Waals surface area contributed by atoms with E-state index in [1.807, 2.05) is 19.2 Å². The van der Waals surface area contributed by atoms with E-state index < -0.39 is 0 Å². The Hall–Kier alpha value is -1.05. The Bertz CT molecular complexity index is 269. The highest BCUT2D eigenvalue weighted by atomic mass is 16.1. The van der Waals surface area contributed by atoms with Gasteiger partial charge in [0.25, 0.3) is 0 Å². The molecule has 0 saturated carbocycles. The van der Waals surface area contributed by atoms with Gasteiger partial charge < -0.3 is 4.90 Å². The summed E-state index contributed by atoms with van der Waals surface area (Å²) in [7, 11) is 0. The molecule has 0 aromatic carbocycles.